The van der Waals surface area contributed by atoms with E-state index >= 15 is 0 Å². The fraction of sp³-hybridized carbons (Fsp3) is 0.935. The van der Waals surface area contributed by atoms with Gasteiger partial charge in [-0.3, -0.25) is 19.2 Å². The molecular weight excluding hydrogens is 1890 g/mol. The molecule has 0 bridgehead atoms. The standard InChI is InChI=1S/C77H128N4O57/c1-17-37(96)45(104)50(109)70(119-17)130-58-31(15-89)127-69(36(81-22(6)93)62(58)134-75-55(114)65(43(102)28(12-86)125-75)138-77(76(116)117)7-23(94)33(78-19(3)90)60(137-77)39(98)24(95)8-82)136-64-44(103)32(128-74(54(64)113)129-56-29(13-87)121-66(115)49(108)48(56)107)16-118-67-35(80-21(5)92)61(133-71-51(110)46(105)38(97)18(2)120-71)57(30(14-88)126-67)131-73-53(112)63(42(101)27(11-85)124-73)135-68-34(79-20(4)91)59(41(100)26(10-84)122-68)132-72-52(111)47(106)40(99)25(9-83)123-72/h17-18,23-75,82-89,94-115H,7-16H2,1-6H3,(H,78,90)(H,79,91)(H,80,92)(H,81,93)(H,116,117)/t17-,18-,23-,24+,25+,26+,27+,28+,29+,30+,31+,32+,33+,34+,35+,36+,37+,38+,39+,40-,41+,42-,43-,44-,45+,46+,47-,48+,49+,50-,51-,52+,53+,54+,55+,56+,57+,58+,59+,60+,61+,62+,63-,64-,65-,66-,67+,68-,69-,70-,71-,72-,73-,74-,75-,77-/m0/s1. The molecular formula is C77H128N4O57. The molecule has 0 aromatic rings. The van der Waals surface area contributed by atoms with Crippen LogP contribution in [0.25, 0.3) is 0 Å². The van der Waals surface area contributed by atoms with Crippen LogP contribution in [0.3, 0.4) is 0 Å². The van der Waals surface area contributed by atoms with Crippen molar-refractivity contribution >= 4 is 29.6 Å². The second-order valence-electron chi connectivity index (χ2n) is 35.2. The van der Waals surface area contributed by atoms with E-state index in [2.05, 4.69) is 21.3 Å². The van der Waals surface area contributed by atoms with E-state index in [-0.39, 0.29) is 0 Å². The summed E-state index contributed by atoms with van der Waals surface area (Å²) in [5, 5.41) is 358. The number of hydrogen-bond acceptors (Lipinski definition) is 56. The van der Waals surface area contributed by atoms with Crippen LogP contribution in [-0.4, -0.2) is 590 Å². The van der Waals surface area contributed by atoms with Crippen molar-refractivity contribution in [2.45, 2.75) is 391 Å². The van der Waals surface area contributed by atoms with Crippen LogP contribution in [0.5, 0.6) is 0 Å². The molecule has 11 aliphatic heterocycles. The highest BCUT2D eigenvalue weighted by Gasteiger charge is 2.65. The minimum Gasteiger partial charge on any atom is -0.477 e. The number of carbonyl (C=O) groups excluding carboxylic acids is 4. The quantitative estimate of drug-likeness (QED) is 0.0277. The summed E-state index contributed by atoms with van der Waals surface area (Å²) in [5.41, 5.74) is 0. The summed E-state index contributed by atoms with van der Waals surface area (Å²) in [4.78, 5) is 66.8. The summed E-state index contributed by atoms with van der Waals surface area (Å²) in [6, 6.07) is -8.15. The third-order valence-electron chi connectivity index (χ3n) is 25.5. The van der Waals surface area contributed by atoms with Gasteiger partial charge in [0.2, 0.25) is 23.6 Å². The zero-order valence-electron chi connectivity index (χ0n) is 74.3. The average Bonchev–Trinajstić information content (AvgIpc) is 0.751. The van der Waals surface area contributed by atoms with Crippen molar-refractivity contribution < 1.29 is 282 Å². The molecule has 0 aromatic heterocycles. The van der Waals surface area contributed by atoms with E-state index in [4.69, 9.17) is 99.5 Å². The van der Waals surface area contributed by atoms with E-state index in [1.807, 2.05) is 0 Å². The lowest BCUT2D eigenvalue weighted by Gasteiger charge is -2.52. The predicted octanol–water partition coefficient (Wildman–Crippen LogP) is -23.1. The Balaban J connectivity index is 0.951. The van der Waals surface area contributed by atoms with E-state index in [1.54, 1.807) is 0 Å². The van der Waals surface area contributed by atoms with Crippen molar-refractivity contribution in [3.63, 3.8) is 0 Å². The van der Waals surface area contributed by atoms with Crippen LogP contribution in [0.2, 0.25) is 0 Å². The number of ether oxygens (including phenoxy) is 21. The van der Waals surface area contributed by atoms with E-state index in [0.717, 1.165) is 27.7 Å². The molecule has 0 spiro atoms. The summed E-state index contributed by atoms with van der Waals surface area (Å²) >= 11 is 0. The molecule has 4 amide bonds. The molecule has 11 fully saturated rings. The number of rotatable bonds is 36. The number of aliphatic hydroxyl groups excluding tert-OH is 30. The lowest BCUT2D eigenvalue weighted by Crippen LogP contribution is -2.72. The summed E-state index contributed by atoms with van der Waals surface area (Å²) in [6.07, 6.45) is -114. The third-order valence-corrected chi connectivity index (χ3v) is 25.5. The number of nitrogens with one attached hydrogen (secondary N) is 4. The van der Waals surface area contributed by atoms with Gasteiger partial charge >= 0.3 is 5.97 Å². The summed E-state index contributed by atoms with van der Waals surface area (Å²) in [6.45, 7) is -5.20. The van der Waals surface area contributed by atoms with Gasteiger partial charge in [0.1, 0.15) is 250 Å². The maximum atomic E-state index is 13.9. The smallest absolute Gasteiger partial charge is 0.364 e. The van der Waals surface area contributed by atoms with Gasteiger partial charge in [-0.15, -0.1) is 0 Å². The topological polar surface area (TPSA) is 954 Å². The zero-order valence-corrected chi connectivity index (χ0v) is 74.3. The lowest BCUT2D eigenvalue weighted by molar-refractivity contribution is -0.400. The van der Waals surface area contributed by atoms with E-state index in [1.165, 1.54) is 13.8 Å². The highest BCUT2D eigenvalue weighted by Crippen LogP contribution is 2.44. The van der Waals surface area contributed by atoms with Gasteiger partial charge in [0.05, 0.1) is 83.8 Å². The number of carboxylic acid groups (broad SMARTS) is 1. The third kappa shape index (κ3) is 24.6. The van der Waals surface area contributed by atoms with Crippen LogP contribution in [-0.2, 0) is 123 Å². The minimum absolute atomic E-state index is 0.821. The molecule has 11 heterocycles. The molecule has 138 heavy (non-hydrogen) atoms. The summed E-state index contributed by atoms with van der Waals surface area (Å²) < 4.78 is 127. The van der Waals surface area contributed by atoms with Gasteiger partial charge in [-0.2, -0.15) is 0 Å². The molecule has 0 saturated carbocycles. The normalized spacial score (nSPS) is 49.1. The second kappa shape index (κ2) is 48.8. The van der Waals surface area contributed by atoms with Crippen molar-refractivity contribution in [3.05, 3.63) is 0 Å². The van der Waals surface area contributed by atoms with Gasteiger partial charge < -0.3 is 279 Å². The molecule has 56 atom stereocenters. The van der Waals surface area contributed by atoms with Crippen molar-refractivity contribution in [1.82, 2.24) is 21.3 Å². The molecule has 0 radical (unpaired) electrons. The fourth-order valence-electron chi connectivity index (χ4n) is 18.0. The van der Waals surface area contributed by atoms with Gasteiger partial charge in [0.15, 0.2) is 62.9 Å². The van der Waals surface area contributed by atoms with Crippen LogP contribution < -0.4 is 21.3 Å². The molecule has 0 unspecified atom stereocenters. The van der Waals surface area contributed by atoms with Gasteiger partial charge in [-0.05, 0) is 13.8 Å². The Morgan fingerprint density at radius 1 is 0.312 bits per heavy atom. The van der Waals surface area contributed by atoms with E-state index in [9.17, 15) is 182 Å². The van der Waals surface area contributed by atoms with Gasteiger partial charge in [-0.25, -0.2) is 4.79 Å². The van der Waals surface area contributed by atoms with Crippen molar-refractivity contribution in [2.24, 2.45) is 0 Å². The molecule has 0 aliphatic carbocycles. The Morgan fingerprint density at radius 3 is 1.05 bits per heavy atom. The first kappa shape index (κ1) is 114. The van der Waals surface area contributed by atoms with E-state index < -0.39 is 439 Å². The second-order valence-corrected chi connectivity index (χ2v) is 35.2. The Kier molecular flexibility index (Phi) is 40.1. The molecule has 11 rings (SSSR count). The number of aliphatic carboxylic acids is 1. The highest BCUT2D eigenvalue weighted by molar-refractivity contribution is 5.77. The van der Waals surface area contributed by atoms with Crippen LogP contribution in [0.4, 0.5) is 0 Å². The number of hydrogen-bond donors (Lipinski definition) is 35. The SMILES string of the molecule is CC(=O)N[C@H]1[C@H](O[C@H]2[C@@H](O)[C@@H](CO[C@@H]3O[C@H](CO)[C@@H](O[C@@H]4O[C@H](CO)[C@H](O)[C@H](O[C@@H]5O[C@H](CO)[C@@H](O)[C@H](O[C@@H]6O[C@H](CO)[C@H](O)[C@H](O)[C@H]6O)[C@H]5NC(C)=O)[C@H]4O)[C@H](O[C@@H]4O[C@@H](C)[C@@H](O)[C@@H](O)[C@@H]4O)[C@H]3NC(C)=O)O[C@@H](O[C@H]3[C@H](O)[C@@H](O)[C@@H](O)O[C@@H]3CO)[C@@H]2O)O[C@H](CO)[C@@H](O[C@@H]2O[C@@H](C)[C@@H](O)[C@@H](O)[C@@H]2O)[C@@H]1O[C@@H]1O[C@H](CO)[C@H](O)[C@H](O[C@]2(C(=O)O)C[C@H](O)[C@@H](NC(C)=O)[C@H]([C@H](O)[C@H](O)CO)O2)[C@H]1O. The van der Waals surface area contributed by atoms with Crippen LogP contribution >= 0.6 is 0 Å². The maximum Gasteiger partial charge on any atom is 0.364 e. The first-order valence-corrected chi connectivity index (χ1v) is 44.0. The first-order chi connectivity index (χ1) is 65.1. The molecule has 11 aliphatic rings. The van der Waals surface area contributed by atoms with Crippen molar-refractivity contribution in [1.29, 1.82) is 0 Å². The molecule has 61 nitrogen and oxygen atoms in total. The molecule has 0 aromatic carbocycles. The highest BCUT2D eigenvalue weighted by atomic mass is 16.8. The van der Waals surface area contributed by atoms with E-state index in [0.29, 0.717) is 0 Å². The first-order valence-electron chi connectivity index (χ1n) is 44.0. The Morgan fingerprint density at radius 2 is 0.623 bits per heavy atom. The summed E-state index contributed by atoms with van der Waals surface area (Å²) in [7, 11) is 0. The molecule has 798 valence electrons. The number of aliphatic hydroxyl groups is 30. The predicted molar refractivity (Wildman–Crippen MR) is 423 cm³/mol. The van der Waals surface area contributed by atoms with Crippen molar-refractivity contribution in [3.8, 4) is 0 Å². The molecule has 61 heteroatoms. The van der Waals surface area contributed by atoms with Gasteiger partial charge in [0, 0.05) is 34.1 Å². The Hall–Kier alpha value is -4.69. The van der Waals surface area contributed by atoms with Crippen LogP contribution in [0, 0.1) is 0 Å². The van der Waals surface area contributed by atoms with Gasteiger partial charge in [0.25, 0.3) is 5.79 Å². The average molecular weight is 2020 g/mol. The minimum atomic E-state index is -3.43. The lowest BCUT2D eigenvalue weighted by atomic mass is 9.88. The molecule has 11 saturated heterocycles. The fourth-order valence-corrected chi connectivity index (χ4v) is 18.0. The van der Waals surface area contributed by atoms with Crippen LogP contribution in [0.15, 0.2) is 0 Å². The largest absolute Gasteiger partial charge is 0.477 e. The maximum absolute atomic E-state index is 13.9. The number of carboxylic acids is 1. The molecule has 35 N–H and O–H groups in total. The van der Waals surface area contributed by atoms with Crippen molar-refractivity contribution in [2.75, 3.05) is 59.5 Å². The Bertz CT molecular complexity index is 3850. The van der Waals surface area contributed by atoms with Crippen LogP contribution in [0.1, 0.15) is 48.0 Å². The monoisotopic (exact) mass is 2020 g/mol. The van der Waals surface area contributed by atoms with Gasteiger partial charge in [-0.1, -0.05) is 0 Å². The Labute approximate surface area is 780 Å². The zero-order chi connectivity index (χ0) is 102. The number of carbonyl (C=O) groups is 5. The number of amides is 4. The summed E-state index contributed by atoms with van der Waals surface area (Å²) in [5.74, 6) is -9.78.